The number of pyridine rings is 1. The molecule has 1 aromatic heterocycles. The number of rotatable bonds is 1. The van der Waals surface area contributed by atoms with Gasteiger partial charge in [0.1, 0.15) is 0 Å². The minimum atomic E-state index is 0.505. The Hall–Kier alpha value is -1.29. The number of nitrogens with two attached hydrogens (primary N) is 1. The molecule has 2 rings (SSSR count). The van der Waals surface area contributed by atoms with Crippen LogP contribution in [0.25, 0.3) is 0 Å². The summed E-state index contributed by atoms with van der Waals surface area (Å²) in [7, 11) is 0. The molecule has 1 fully saturated rings. The number of nitrogens with zero attached hydrogens (tertiary/aromatic N) is 2. The maximum atomic E-state index is 5.87. The van der Waals surface area contributed by atoms with E-state index >= 15 is 0 Å². The molecular weight excluding hydrogens is 176 g/mol. The zero-order chi connectivity index (χ0) is 9.97. The van der Waals surface area contributed by atoms with Crippen molar-refractivity contribution < 1.29 is 0 Å². The predicted molar refractivity (Wildman–Crippen MR) is 58.3 cm³/mol. The van der Waals surface area contributed by atoms with Gasteiger partial charge in [-0.15, -0.1) is 0 Å². The fraction of sp³-hybridized carbons (Fsp3) is 0.500. The molecule has 0 spiro atoms. The molecule has 0 unspecified atom stereocenters. The van der Waals surface area contributed by atoms with Crippen LogP contribution in [0.3, 0.4) is 0 Å². The average molecular weight is 192 g/mol. The van der Waals surface area contributed by atoms with Gasteiger partial charge in [-0.05, 0) is 19.1 Å². The smallest absolute Gasteiger partial charge is 0.151 e. The van der Waals surface area contributed by atoms with Gasteiger partial charge in [0.25, 0.3) is 0 Å². The fourth-order valence-corrected chi connectivity index (χ4v) is 1.80. The molecule has 1 aliphatic heterocycles. The van der Waals surface area contributed by atoms with Crippen molar-refractivity contribution in [1.82, 2.24) is 10.3 Å². The van der Waals surface area contributed by atoms with Crippen LogP contribution >= 0.6 is 0 Å². The summed E-state index contributed by atoms with van der Waals surface area (Å²) < 4.78 is 0. The van der Waals surface area contributed by atoms with Gasteiger partial charge in [-0.1, -0.05) is 0 Å². The number of nitrogens with one attached hydrogen (secondary N) is 1. The largest absolute Gasteiger partial charge is 0.396 e. The monoisotopic (exact) mass is 192 g/mol. The summed E-state index contributed by atoms with van der Waals surface area (Å²) in [6.45, 7) is 5.12. The number of nitrogen functional groups attached to an aromatic ring is 1. The molecule has 0 aliphatic carbocycles. The van der Waals surface area contributed by atoms with Gasteiger partial charge in [-0.25, -0.2) is 4.98 Å². The van der Waals surface area contributed by atoms with E-state index in [4.69, 9.17) is 5.73 Å². The summed E-state index contributed by atoms with van der Waals surface area (Å²) in [6, 6.07) is 4.27. The van der Waals surface area contributed by atoms with Gasteiger partial charge < -0.3 is 16.0 Å². The van der Waals surface area contributed by atoms with E-state index in [1.165, 1.54) is 0 Å². The molecule has 1 aliphatic rings. The standard InChI is InChI=1S/C10H16N4/c1-8-7-14(6-5-12-8)10-9(11)3-2-4-13-10/h2-4,8,12H,5-7,11H2,1H3/t8-/m1/s1. The predicted octanol–water partition coefficient (Wildman–Crippen LogP) is 0.462. The van der Waals surface area contributed by atoms with Crippen molar-refractivity contribution in [3.05, 3.63) is 18.3 Å². The van der Waals surface area contributed by atoms with E-state index in [0.29, 0.717) is 6.04 Å². The van der Waals surface area contributed by atoms with Crippen molar-refractivity contribution in [3.8, 4) is 0 Å². The van der Waals surface area contributed by atoms with Crippen LogP contribution in [-0.2, 0) is 0 Å². The van der Waals surface area contributed by atoms with Gasteiger partial charge >= 0.3 is 0 Å². The Bertz CT molecular complexity index is 313. The van der Waals surface area contributed by atoms with Crippen LogP contribution in [-0.4, -0.2) is 30.7 Å². The van der Waals surface area contributed by atoms with E-state index in [1.54, 1.807) is 6.20 Å². The summed E-state index contributed by atoms with van der Waals surface area (Å²) in [5.74, 6) is 0.917. The topological polar surface area (TPSA) is 54.2 Å². The van der Waals surface area contributed by atoms with Crippen molar-refractivity contribution in [2.24, 2.45) is 0 Å². The second kappa shape index (κ2) is 3.84. The molecule has 4 heteroatoms. The van der Waals surface area contributed by atoms with E-state index in [-0.39, 0.29) is 0 Å². The van der Waals surface area contributed by atoms with Crippen LogP contribution in [0.5, 0.6) is 0 Å². The van der Waals surface area contributed by atoms with Crippen molar-refractivity contribution in [1.29, 1.82) is 0 Å². The quantitative estimate of drug-likeness (QED) is 0.679. The van der Waals surface area contributed by atoms with Crippen LogP contribution in [0.1, 0.15) is 6.92 Å². The maximum absolute atomic E-state index is 5.87. The Kier molecular flexibility index (Phi) is 2.54. The van der Waals surface area contributed by atoms with Gasteiger partial charge in [0, 0.05) is 31.9 Å². The third kappa shape index (κ3) is 1.80. The average Bonchev–Trinajstić information content (AvgIpc) is 2.18. The highest BCUT2D eigenvalue weighted by Gasteiger charge is 2.17. The lowest BCUT2D eigenvalue weighted by molar-refractivity contribution is 0.482. The minimum absolute atomic E-state index is 0.505. The summed E-state index contributed by atoms with van der Waals surface area (Å²) >= 11 is 0. The fourth-order valence-electron chi connectivity index (χ4n) is 1.80. The van der Waals surface area contributed by atoms with Gasteiger partial charge in [-0.3, -0.25) is 0 Å². The molecular formula is C10H16N4. The first-order valence-electron chi connectivity index (χ1n) is 4.96. The highest BCUT2D eigenvalue weighted by atomic mass is 15.2. The molecule has 0 radical (unpaired) electrons. The number of piperazine rings is 1. The Morgan fingerprint density at radius 3 is 3.21 bits per heavy atom. The summed E-state index contributed by atoms with van der Waals surface area (Å²) in [4.78, 5) is 6.54. The molecule has 1 atom stereocenters. The Morgan fingerprint density at radius 1 is 1.64 bits per heavy atom. The van der Waals surface area contributed by atoms with Crippen molar-refractivity contribution in [2.75, 3.05) is 30.3 Å². The first-order chi connectivity index (χ1) is 6.77. The molecule has 0 saturated carbocycles. The van der Waals surface area contributed by atoms with E-state index in [0.717, 1.165) is 31.1 Å². The molecule has 14 heavy (non-hydrogen) atoms. The Morgan fingerprint density at radius 2 is 2.50 bits per heavy atom. The molecule has 4 nitrogen and oxygen atoms in total. The molecule has 0 amide bonds. The third-order valence-electron chi connectivity index (χ3n) is 2.49. The number of hydrogen-bond acceptors (Lipinski definition) is 4. The molecule has 0 aromatic carbocycles. The number of anilines is 2. The summed E-state index contributed by atoms with van der Waals surface area (Å²) in [5, 5.41) is 3.39. The van der Waals surface area contributed by atoms with E-state index in [9.17, 15) is 0 Å². The van der Waals surface area contributed by atoms with Crippen LogP contribution < -0.4 is 16.0 Å². The van der Waals surface area contributed by atoms with Gasteiger partial charge in [0.2, 0.25) is 0 Å². The summed E-state index contributed by atoms with van der Waals surface area (Å²) in [5.41, 5.74) is 6.64. The zero-order valence-corrected chi connectivity index (χ0v) is 8.40. The normalized spacial score (nSPS) is 22.4. The van der Waals surface area contributed by atoms with Crippen LogP contribution in [0.4, 0.5) is 11.5 Å². The lowest BCUT2D eigenvalue weighted by Crippen LogP contribution is -2.49. The maximum Gasteiger partial charge on any atom is 0.151 e. The van der Waals surface area contributed by atoms with E-state index < -0.39 is 0 Å². The van der Waals surface area contributed by atoms with Crippen LogP contribution in [0.2, 0.25) is 0 Å². The Balaban J connectivity index is 2.18. The SMILES string of the molecule is C[C@@H]1CN(c2ncccc2N)CCN1. The second-order valence-corrected chi connectivity index (χ2v) is 3.72. The zero-order valence-electron chi connectivity index (χ0n) is 8.40. The lowest BCUT2D eigenvalue weighted by atomic mass is 10.2. The highest BCUT2D eigenvalue weighted by molar-refractivity contribution is 5.62. The van der Waals surface area contributed by atoms with Crippen molar-refractivity contribution in [2.45, 2.75) is 13.0 Å². The molecule has 0 bridgehead atoms. The van der Waals surface area contributed by atoms with Gasteiger partial charge in [-0.2, -0.15) is 0 Å². The lowest BCUT2D eigenvalue weighted by Gasteiger charge is -2.33. The highest BCUT2D eigenvalue weighted by Crippen LogP contribution is 2.19. The number of hydrogen-bond donors (Lipinski definition) is 2. The second-order valence-electron chi connectivity index (χ2n) is 3.72. The first kappa shape index (κ1) is 9.27. The third-order valence-corrected chi connectivity index (χ3v) is 2.49. The minimum Gasteiger partial charge on any atom is -0.396 e. The van der Waals surface area contributed by atoms with Crippen molar-refractivity contribution >= 4 is 11.5 Å². The van der Waals surface area contributed by atoms with E-state index in [2.05, 4.69) is 22.1 Å². The molecule has 3 N–H and O–H groups in total. The molecule has 1 saturated heterocycles. The molecule has 2 heterocycles. The van der Waals surface area contributed by atoms with Crippen LogP contribution in [0, 0.1) is 0 Å². The van der Waals surface area contributed by atoms with E-state index in [1.807, 2.05) is 12.1 Å². The van der Waals surface area contributed by atoms with Gasteiger partial charge in [0.05, 0.1) is 5.69 Å². The van der Waals surface area contributed by atoms with Crippen molar-refractivity contribution in [3.63, 3.8) is 0 Å². The molecule has 1 aromatic rings. The first-order valence-corrected chi connectivity index (χ1v) is 4.96. The molecule has 76 valence electrons. The van der Waals surface area contributed by atoms with Crippen LogP contribution in [0.15, 0.2) is 18.3 Å². The Labute approximate surface area is 84.1 Å². The van der Waals surface area contributed by atoms with Gasteiger partial charge in [0.15, 0.2) is 5.82 Å². The summed E-state index contributed by atoms with van der Waals surface area (Å²) in [6.07, 6.45) is 1.79. The number of aromatic nitrogens is 1.